The zero-order valence-electron chi connectivity index (χ0n) is 12.7. The highest BCUT2D eigenvalue weighted by Crippen LogP contribution is 2.18. The van der Waals surface area contributed by atoms with Crippen LogP contribution in [-0.4, -0.2) is 24.1 Å². The van der Waals surface area contributed by atoms with E-state index < -0.39 is 16.0 Å². The van der Waals surface area contributed by atoms with E-state index in [2.05, 4.69) is 4.40 Å². The number of carbonyl (C=O) groups is 1. The largest absolute Gasteiger partial charge is 0.480 e. The van der Waals surface area contributed by atoms with Crippen LogP contribution >= 0.6 is 11.3 Å². The standard InChI is InChI=1S/C16H14N2O4S2/c1-11-6-8-12(9-7-11)24(21,22)17-16-18(10-15(19)20)13-4-2-3-5-14(13)23-16/h2-9H,10H2,1H3,(H,19,20). The van der Waals surface area contributed by atoms with Crippen LogP contribution in [0.25, 0.3) is 10.2 Å². The first-order valence-corrected chi connectivity index (χ1v) is 9.30. The van der Waals surface area contributed by atoms with E-state index >= 15 is 0 Å². The fourth-order valence-electron chi connectivity index (χ4n) is 2.24. The quantitative estimate of drug-likeness (QED) is 0.772. The molecule has 0 radical (unpaired) electrons. The molecule has 3 aromatic rings. The molecule has 0 fully saturated rings. The monoisotopic (exact) mass is 362 g/mol. The second-order valence-electron chi connectivity index (χ2n) is 5.21. The van der Waals surface area contributed by atoms with Crippen molar-refractivity contribution < 1.29 is 18.3 Å². The number of benzene rings is 2. The van der Waals surface area contributed by atoms with E-state index in [1.165, 1.54) is 16.7 Å². The van der Waals surface area contributed by atoms with Gasteiger partial charge in [-0.2, -0.15) is 8.42 Å². The van der Waals surface area contributed by atoms with Crippen LogP contribution in [0.1, 0.15) is 5.56 Å². The number of thiazole rings is 1. The summed E-state index contributed by atoms with van der Waals surface area (Å²) in [6.07, 6.45) is 0. The minimum absolute atomic E-state index is 0.0763. The number of para-hydroxylation sites is 1. The number of aliphatic carboxylic acids is 1. The molecule has 0 aliphatic heterocycles. The van der Waals surface area contributed by atoms with Gasteiger partial charge < -0.3 is 9.67 Å². The first-order valence-electron chi connectivity index (χ1n) is 7.05. The van der Waals surface area contributed by atoms with Crippen molar-refractivity contribution in [3.8, 4) is 0 Å². The van der Waals surface area contributed by atoms with Gasteiger partial charge in [-0.3, -0.25) is 4.79 Å². The number of aryl methyl sites for hydroxylation is 1. The first kappa shape index (κ1) is 16.4. The molecule has 0 aliphatic carbocycles. The summed E-state index contributed by atoms with van der Waals surface area (Å²) in [6.45, 7) is 1.51. The third kappa shape index (κ3) is 3.24. The summed E-state index contributed by atoms with van der Waals surface area (Å²) in [5, 5.41) is 9.11. The number of carboxylic acid groups (broad SMARTS) is 1. The molecule has 0 atom stereocenters. The SMILES string of the molecule is Cc1ccc(S(=O)(=O)N=c2sc3ccccc3n2CC(=O)O)cc1. The van der Waals surface area contributed by atoms with E-state index in [1.54, 1.807) is 30.3 Å². The van der Waals surface area contributed by atoms with Crippen LogP contribution in [0.2, 0.25) is 0 Å². The Bertz CT molecular complexity index is 1080. The number of sulfonamides is 1. The van der Waals surface area contributed by atoms with Gasteiger partial charge in [-0.25, -0.2) is 0 Å². The van der Waals surface area contributed by atoms with Crippen molar-refractivity contribution in [1.29, 1.82) is 0 Å². The molecular formula is C16H14N2O4S2. The highest BCUT2D eigenvalue weighted by atomic mass is 32.2. The van der Waals surface area contributed by atoms with Gasteiger partial charge in [0.15, 0.2) is 0 Å². The van der Waals surface area contributed by atoms with Crippen molar-refractivity contribution in [3.05, 3.63) is 58.9 Å². The second kappa shape index (κ2) is 6.21. The smallest absolute Gasteiger partial charge is 0.323 e. The maximum absolute atomic E-state index is 12.5. The van der Waals surface area contributed by atoms with Crippen LogP contribution < -0.4 is 4.80 Å². The third-order valence-corrected chi connectivity index (χ3v) is 5.85. The Balaban J connectivity index is 2.22. The lowest BCUT2D eigenvalue weighted by Crippen LogP contribution is -2.21. The van der Waals surface area contributed by atoms with E-state index in [0.29, 0.717) is 5.52 Å². The fourth-order valence-corrected chi connectivity index (χ4v) is 4.48. The normalized spacial score (nSPS) is 12.6. The Kier molecular flexibility index (Phi) is 4.25. The summed E-state index contributed by atoms with van der Waals surface area (Å²) in [7, 11) is -3.91. The van der Waals surface area contributed by atoms with Gasteiger partial charge in [0.2, 0.25) is 4.80 Å². The molecule has 0 amide bonds. The lowest BCUT2D eigenvalue weighted by molar-refractivity contribution is -0.137. The van der Waals surface area contributed by atoms with Gasteiger partial charge in [0.1, 0.15) is 6.54 Å². The Hall–Kier alpha value is -2.45. The van der Waals surface area contributed by atoms with E-state index in [9.17, 15) is 13.2 Å². The average Bonchev–Trinajstić information content (AvgIpc) is 2.84. The van der Waals surface area contributed by atoms with E-state index in [-0.39, 0.29) is 16.2 Å². The van der Waals surface area contributed by atoms with Gasteiger partial charge in [0.25, 0.3) is 10.0 Å². The summed E-state index contributed by atoms with van der Waals surface area (Å²) >= 11 is 1.14. The predicted octanol–water partition coefficient (Wildman–Crippen LogP) is 2.39. The molecule has 24 heavy (non-hydrogen) atoms. The maximum atomic E-state index is 12.5. The van der Waals surface area contributed by atoms with Crippen molar-refractivity contribution in [1.82, 2.24) is 4.57 Å². The molecule has 3 rings (SSSR count). The highest BCUT2D eigenvalue weighted by Gasteiger charge is 2.15. The molecule has 0 unspecified atom stereocenters. The predicted molar refractivity (Wildman–Crippen MR) is 91.4 cm³/mol. The molecule has 8 heteroatoms. The molecule has 6 nitrogen and oxygen atoms in total. The van der Waals surface area contributed by atoms with Gasteiger partial charge in [0.05, 0.1) is 15.1 Å². The van der Waals surface area contributed by atoms with Crippen molar-refractivity contribution in [3.63, 3.8) is 0 Å². The highest BCUT2D eigenvalue weighted by molar-refractivity contribution is 7.90. The lowest BCUT2D eigenvalue weighted by Gasteiger charge is -2.02. The molecule has 0 saturated carbocycles. The van der Waals surface area contributed by atoms with Crippen LogP contribution in [0, 0.1) is 6.92 Å². The minimum atomic E-state index is -3.91. The third-order valence-electron chi connectivity index (χ3n) is 3.40. The number of hydrogen-bond donors (Lipinski definition) is 1. The molecule has 0 bridgehead atoms. The number of rotatable bonds is 4. The molecule has 0 saturated heterocycles. The Morgan fingerprint density at radius 2 is 1.83 bits per heavy atom. The summed E-state index contributed by atoms with van der Waals surface area (Å²) in [4.78, 5) is 11.3. The van der Waals surface area contributed by atoms with Crippen LogP contribution in [0.4, 0.5) is 0 Å². The van der Waals surface area contributed by atoms with E-state index in [1.807, 2.05) is 13.0 Å². The van der Waals surface area contributed by atoms with Gasteiger partial charge in [-0.05, 0) is 31.2 Å². The van der Waals surface area contributed by atoms with E-state index in [4.69, 9.17) is 5.11 Å². The zero-order valence-corrected chi connectivity index (χ0v) is 14.3. The molecule has 1 heterocycles. The van der Waals surface area contributed by atoms with Crippen LogP contribution in [0.15, 0.2) is 57.8 Å². The van der Waals surface area contributed by atoms with Crippen LogP contribution in [-0.2, 0) is 21.4 Å². The van der Waals surface area contributed by atoms with Crippen molar-refractivity contribution in [2.75, 3.05) is 0 Å². The lowest BCUT2D eigenvalue weighted by atomic mass is 10.2. The Morgan fingerprint density at radius 1 is 1.17 bits per heavy atom. The number of carboxylic acids is 1. The Morgan fingerprint density at radius 3 is 2.50 bits per heavy atom. The van der Waals surface area contributed by atoms with Gasteiger partial charge in [-0.15, -0.1) is 4.40 Å². The molecular weight excluding hydrogens is 348 g/mol. The summed E-state index contributed by atoms with van der Waals surface area (Å²) in [5.74, 6) is -1.06. The number of hydrogen-bond acceptors (Lipinski definition) is 4. The minimum Gasteiger partial charge on any atom is -0.480 e. The zero-order chi connectivity index (χ0) is 17.3. The van der Waals surface area contributed by atoms with Crippen molar-refractivity contribution in [2.24, 2.45) is 4.40 Å². The molecule has 1 N–H and O–H groups in total. The number of fused-ring (bicyclic) bond motifs is 1. The molecule has 0 aliphatic rings. The maximum Gasteiger partial charge on any atom is 0.323 e. The summed E-state index contributed by atoms with van der Waals surface area (Å²) in [6, 6.07) is 13.5. The Labute approximate surface area is 142 Å². The number of aromatic nitrogens is 1. The summed E-state index contributed by atoms with van der Waals surface area (Å²) < 4.78 is 31.1. The average molecular weight is 362 g/mol. The molecule has 124 valence electrons. The van der Waals surface area contributed by atoms with Crippen molar-refractivity contribution >= 4 is 37.5 Å². The van der Waals surface area contributed by atoms with Crippen molar-refractivity contribution in [2.45, 2.75) is 18.4 Å². The summed E-state index contributed by atoms with van der Waals surface area (Å²) in [5.41, 5.74) is 1.58. The first-order chi connectivity index (χ1) is 11.4. The van der Waals surface area contributed by atoms with Gasteiger partial charge >= 0.3 is 5.97 Å². The molecule has 1 aromatic heterocycles. The van der Waals surface area contributed by atoms with E-state index in [0.717, 1.165) is 21.6 Å². The van der Waals surface area contributed by atoms with Crippen LogP contribution in [0.3, 0.4) is 0 Å². The molecule has 0 spiro atoms. The second-order valence-corrected chi connectivity index (χ2v) is 7.82. The number of nitrogens with zero attached hydrogens (tertiary/aromatic N) is 2. The van der Waals surface area contributed by atoms with Gasteiger partial charge in [0, 0.05) is 0 Å². The van der Waals surface area contributed by atoms with Gasteiger partial charge in [-0.1, -0.05) is 41.2 Å². The molecule has 2 aromatic carbocycles. The topological polar surface area (TPSA) is 88.7 Å². The van der Waals surface area contributed by atoms with Crippen LogP contribution in [0.5, 0.6) is 0 Å². The fraction of sp³-hybridized carbons (Fsp3) is 0.125.